The Hall–Kier alpha value is -1.03. The molecule has 2 aromatic rings. The highest BCUT2D eigenvalue weighted by Crippen LogP contribution is 2.21. The van der Waals surface area contributed by atoms with Crippen LogP contribution in [0.3, 0.4) is 0 Å². The van der Waals surface area contributed by atoms with Crippen molar-refractivity contribution < 1.29 is 4.84 Å². The zero-order chi connectivity index (χ0) is 10.7. The Bertz CT molecular complexity index is 453. The molecule has 0 amide bonds. The molecule has 80 valence electrons. The van der Waals surface area contributed by atoms with Crippen LogP contribution in [0.25, 0.3) is 10.9 Å². The molecule has 1 heterocycles. The van der Waals surface area contributed by atoms with Gasteiger partial charge in [-0.2, -0.15) is 5.48 Å². The Kier molecular flexibility index (Phi) is 3.26. The lowest BCUT2D eigenvalue weighted by atomic mass is 10.2. The monoisotopic (exact) mass is 224 g/mol. The van der Waals surface area contributed by atoms with E-state index < -0.39 is 0 Å². The average Bonchev–Trinajstić information content (AvgIpc) is 2.61. The lowest BCUT2D eigenvalue weighted by Gasteiger charge is -2.01. The van der Waals surface area contributed by atoms with Crippen LogP contribution in [-0.4, -0.2) is 11.6 Å². The van der Waals surface area contributed by atoms with E-state index in [9.17, 15) is 0 Å². The number of nitrogens with one attached hydrogen (secondary N) is 2. The number of H-pyrrole nitrogens is 1. The number of aromatic amines is 1. The standard InChI is InChI=1S/C11H13ClN2O/c1-2-15-14-7-8-6-13-11-5-9(12)3-4-10(8)11/h3-6,13-14H,2,7H2,1H3. The molecule has 3 nitrogen and oxygen atoms in total. The van der Waals surface area contributed by atoms with Crippen molar-refractivity contribution >= 4 is 22.5 Å². The maximum Gasteiger partial charge on any atom is 0.0654 e. The first-order chi connectivity index (χ1) is 7.31. The van der Waals surface area contributed by atoms with Crippen molar-refractivity contribution in [3.05, 3.63) is 35.0 Å². The highest BCUT2D eigenvalue weighted by molar-refractivity contribution is 6.31. The van der Waals surface area contributed by atoms with E-state index in [-0.39, 0.29) is 0 Å². The first-order valence-corrected chi connectivity index (χ1v) is 5.29. The van der Waals surface area contributed by atoms with E-state index in [0.717, 1.165) is 10.5 Å². The van der Waals surface area contributed by atoms with Crippen LogP contribution in [0.2, 0.25) is 5.02 Å². The lowest BCUT2D eigenvalue weighted by Crippen LogP contribution is -2.13. The topological polar surface area (TPSA) is 37.0 Å². The second kappa shape index (κ2) is 4.66. The van der Waals surface area contributed by atoms with Gasteiger partial charge in [-0.1, -0.05) is 17.7 Å². The third-order valence-electron chi connectivity index (χ3n) is 2.24. The molecule has 1 aromatic heterocycles. The van der Waals surface area contributed by atoms with Crippen LogP contribution >= 0.6 is 11.6 Å². The summed E-state index contributed by atoms with van der Waals surface area (Å²) in [5.74, 6) is 0. The molecule has 0 spiro atoms. The fraction of sp³-hybridized carbons (Fsp3) is 0.273. The van der Waals surface area contributed by atoms with Gasteiger partial charge in [0.1, 0.15) is 0 Å². The van der Waals surface area contributed by atoms with Gasteiger partial charge < -0.3 is 9.82 Å². The molecule has 2 N–H and O–H groups in total. The number of aromatic nitrogens is 1. The molecular weight excluding hydrogens is 212 g/mol. The van der Waals surface area contributed by atoms with Crippen LogP contribution in [-0.2, 0) is 11.4 Å². The van der Waals surface area contributed by atoms with Crippen LogP contribution in [0.1, 0.15) is 12.5 Å². The average molecular weight is 225 g/mol. The number of hydrogen-bond acceptors (Lipinski definition) is 2. The molecule has 0 saturated carbocycles. The Morgan fingerprint density at radius 3 is 3.13 bits per heavy atom. The highest BCUT2D eigenvalue weighted by atomic mass is 35.5. The molecule has 0 radical (unpaired) electrons. The van der Waals surface area contributed by atoms with Gasteiger partial charge in [0.2, 0.25) is 0 Å². The van der Waals surface area contributed by atoms with E-state index in [1.807, 2.05) is 31.3 Å². The number of rotatable bonds is 4. The number of halogens is 1. The van der Waals surface area contributed by atoms with Gasteiger partial charge in [0.05, 0.1) is 6.61 Å². The smallest absolute Gasteiger partial charge is 0.0654 e. The number of benzene rings is 1. The SMILES string of the molecule is CCONCc1c[nH]c2cc(Cl)ccc12. The highest BCUT2D eigenvalue weighted by Gasteiger charge is 2.03. The molecule has 15 heavy (non-hydrogen) atoms. The molecule has 2 rings (SSSR count). The van der Waals surface area contributed by atoms with Gasteiger partial charge >= 0.3 is 0 Å². The van der Waals surface area contributed by atoms with E-state index in [1.54, 1.807) is 0 Å². The predicted molar refractivity (Wildman–Crippen MR) is 61.8 cm³/mol. The molecule has 4 heteroatoms. The summed E-state index contributed by atoms with van der Waals surface area (Å²) >= 11 is 5.89. The van der Waals surface area contributed by atoms with Crippen molar-refractivity contribution in [3.63, 3.8) is 0 Å². The summed E-state index contributed by atoms with van der Waals surface area (Å²) in [7, 11) is 0. The van der Waals surface area contributed by atoms with Crippen molar-refractivity contribution in [1.29, 1.82) is 0 Å². The van der Waals surface area contributed by atoms with Crippen molar-refractivity contribution in [2.75, 3.05) is 6.61 Å². The molecule has 0 aliphatic carbocycles. The van der Waals surface area contributed by atoms with Crippen molar-refractivity contribution in [2.45, 2.75) is 13.5 Å². The second-order valence-corrected chi connectivity index (χ2v) is 3.69. The van der Waals surface area contributed by atoms with E-state index in [2.05, 4.69) is 10.5 Å². The minimum atomic E-state index is 0.661. The van der Waals surface area contributed by atoms with Crippen molar-refractivity contribution in [3.8, 4) is 0 Å². The predicted octanol–water partition coefficient (Wildman–Crippen LogP) is 2.86. The molecule has 1 aromatic carbocycles. The first kappa shape index (κ1) is 10.5. The van der Waals surface area contributed by atoms with Crippen molar-refractivity contribution in [2.24, 2.45) is 0 Å². The molecule has 0 aliphatic heterocycles. The molecule has 0 unspecified atom stereocenters. The lowest BCUT2D eigenvalue weighted by molar-refractivity contribution is 0.0466. The summed E-state index contributed by atoms with van der Waals surface area (Å²) < 4.78 is 0. The summed E-state index contributed by atoms with van der Waals surface area (Å²) in [6.45, 7) is 3.30. The molecule has 0 saturated heterocycles. The maximum absolute atomic E-state index is 5.89. The van der Waals surface area contributed by atoms with Crippen LogP contribution in [0, 0.1) is 0 Å². The fourth-order valence-electron chi connectivity index (χ4n) is 1.54. The number of fused-ring (bicyclic) bond motifs is 1. The van der Waals surface area contributed by atoms with Gasteiger partial charge in [-0.15, -0.1) is 0 Å². The minimum absolute atomic E-state index is 0.661. The summed E-state index contributed by atoms with van der Waals surface area (Å²) in [6.07, 6.45) is 1.97. The Labute approximate surface area is 93.3 Å². The normalized spacial score (nSPS) is 11.1. The summed E-state index contributed by atoms with van der Waals surface area (Å²) in [5.41, 5.74) is 5.12. The molecular formula is C11H13ClN2O. The van der Waals surface area contributed by atoms with Crippen LogP contribution < -0.4 is 5.48 Å². The van der Waals surface area contributed by atoms with Gasteiger partial charge in [-0.25, -0.2) is 0 Å². The summed E-state index contributed by atoms with van der Waals surface area (Å²) in [5, 5.41) is 1.92. The summed E-state index contributed by atoms with van der Waals surface area (Å²) in [6, 6.07) is 5.82. The van der Waals surface area contributed by atoms with Gasteiger partial charge in [0.25, 0.3) is 0 Å². The van der Waals surface area contributed by atoms with Crippen molar-refractivity contribution in [1.82, 2.24) is 10.5 Å². The van der Waals surface area contributed by atoms with Gasteiger partial charge in [0.15, 0.2) is 0 Å². The largest absolute Gasteiger partial charge is 0.361 e. The zero-order valence-corrected chi connectivity index (χ0v) is 9.27. The van der Waals surface area contributed by atoms with Crippen LogP contribution in [0.5, 0.6) is 0 Å². The fourth-order valence-corrected chi connectivity index (χ4v) is 1.71. The molecule has 0 aliphatic rings. The van der Waals surface area contributed by atoms with E-state index in [1.165, 1.54) is 10.9 Å². The maximum atomic E-state index is 5.89. The minimum Gasteiger partial charge on any atom is -0.361 e. The quantitative estimate of drug-likeness (QED) is 0.619. The molecule has 0 bridgehead atoms. The Morgan fingerprint density at radius 1 is 1.47 bits per heavy atom. The van der Waals surface area contributed by atoms with E-state index in [0.29, 0.717) is 13.2 Å². The third-order valence-corrected chi connectivity index (χ3v) is 2.47. The van der Waals surface area contributed by atoms with Gasteiger partial charge in [0, 0.05) is 28.7 Å². The second-order valence-electron chi connectivity index (χ2n) is 3.26. The Morgan fingerprint density at radius 2 is 2.33 bits per heavy atom. The molecule has 0 fully saturated rings. The van der Waals surface area contributed by atoms with E-state index >= 15 is 0 Å². The van der Waals surface area contributed by atoms with Crippen LogP contribution in [0.15, 0.2) is 24.4 Å². The van der Waals surface area contributed by atoms with Gasteiger partial charge in [-0.3, -0.25) is 0 Å². The Balaban J connectivity index is 2.21. The molecule has 0 atom stereocenters. The first-order valence-electron chi connectivity index (χ1n) is 4.91. The number of hydroxylamine groups is 1. The van der Waals surface area contributed by atoms with Crippen LogP contribution in [0.4, 0.5) is 0 Å². The van der Waals surface area contributed by atoms with E-state index in [4.69, 9.17) is 16.4 Å². The summed E-state index contributed by atoms with van der Waals surface area (Å²) in [4.78, 5) is 8.27. The third kappa shape index (κ3) is 2.31. The zero-order valence-electron chi connectivity index (χ0n) is 8.51. The number of hydrogen-bond donors (Lipinski definition) is 2. The van der Waals surface area contributed by atoms with Gasteiger partial charge in [-0.05, 0) is 24.6 Å².